The average molecular weight is 393 g/mol. The van der Waals surface area contributed by atoms with E-state index in [1.165, 1.54) is 46.9 Å². The second-order valence-electron chi connectivity index (χ2n) is 8.52. The lowest BCUT2D eigenvalue weighted by Crippen LogP contribution is -2.51. The van der Waals surface area contributed by atoms with Crippen LogP contribution in [0.1, 0.15) is 36.8 Å². The summed E-state index contributed by atoms with van der Waals surface area (Å²) in [6.45, 7) is 1.08. The molecule has 1 heterocycles. The summed E-state index contributed by atoms with van der Waals surface area (Å²) in [4.78, 5) is 2.48. The monoisotopic (exact) mass is 392 g/mol. The van der Waals surface area contributed by atoms with Gasteiger partial charge in [0.2, 0.25) is 0 Å². The van der Waals surface area contributed by atoms with Crippen molar-refractivity contribution in [2.75, 3.05) is 20.6 Å². The molecule has 1 N–H and O–H groups in total. The molecule has 4 rings (SSSR count). The number of thiophene rings is 1. The van der Waals surface area contributed by atoms with Gasteiger partial charge in [-0.3, -0.25) is 0 Å². The molecule has 0 unspecified atom stereocenters. The molecule has 0 bridgehead atoms. The summed E-state index contributed by atoms with van der Waals surface area (Å²) in [5.41, 5.74) is 3.27. The molecule has 0 aliphatic heterocycles. The molecule has 0 amide bonds. The van der Waals surface area contributed by atoms with Crippen LogP contribution in [0.5, 0.6) is 0 Å². The van der Waals surface area contributed by atoms with E-state index in [2.05, 4.69) is 84.3 Å². The molecule has 1 aliphatic rings. The van der Waals surface area contributed by atoms with Crippen LogP contribution in [0.2, 0.25) is 0 Å². The molecule has 1 fully saturated rings. The summed E-state index contributed by atoms with van der Waals surface area (Å²) < 4.78 is 1.41. The smallest absolute Gasteiger partial charge is 0.0345 e. The maximum Gasteiger partial charge on any atom is 0.0345 e. The van der Waals surface area contributed by atoms with Gasteiger partial charge < -0.3 is 10.2 Å². The van der Waals surface area contributed by atoms with Crippen LogP contribution in [0.3, 0.4) is 0 Å². The van der Waals surface area contributed by atoms with E-state index in [-0.39, 0.29) is 0 Å². The number of rotatable bonds is 7. The maximum atomic E-state index is 3.85. The van der Waals surface area contributed by atoms with Crippen LogP contribution in [0.15, 0.2) is 60.0 Å². The largest absolute Gasteiger partial charge is 0.314 e. The van der Waals surface area contributed by atoms with Gasteiger partial charge in [0.25, 0.3) is 0 Å². The summed E-state index contributed by atoms with van der Waals surface area (Å²) in [5, 5.41) is 7.63. The van der Waals surface area contributed by atoms with Crippen LogP contribution >= 0.6 is 11.3 Å². The molecule has 1 aliphatic carbocycles. The molecule has 3 heteroatoms. The predicted molar refractivity (Wildman–Crippen MR) is 122 cm³/mol. The molecule has 148 valence electrons. The number of hydrogen-bond acceptors (Lipinski definition) is 3. The number of nitrogens with one attached hydrogen (secondary N) is 1. The topological polar surface area (TPSA) is 15.3 Å². The van der Waals surface area contributed by atoms with Crippen molar-refractivity contribution in [3.05, 3.63) is 71.1 Å². The van der Waals surface area contributed by atoms with Gasteiger partial charge in [-0.05, 0) is 87.1 Å². The Morgan fingerprint density at radius 1 is 1.00 bits per heavy atom. The van der Waals surface area contributed by atoms with Gasteiger partial charge in [0.05, 0.1) is 0 Å². The van der Waals surface area contributed by atoms with Crippen LogP contribution in [0.4, 0.5) is 0 Å². The first-order chi connectivity index (χ1) is 13.7. The van der Waals surface area contributed by atoms with Gasteiger partial charge in [0.15, 0.2) is 0 Å². The molecule has 1 saturated carbocycles. The summed E-state index contributed by atoms with van der Waals surface area (Å²) in [5.74, 6) is 0. The van der Waals surface area contributed by atoms with Crippen LogP contribution in [-0.4, -0.2) is 37.1 Å². The normalized spacial score (nSPS) is 22.8. The van der Waals surface area contributed by atoms with E-state index < -0.39 is 0 Å². The molecular weight excluding hydrogens is 360 g/mol. The highest BCUT2D eigenvalue weighted by molar-refractivity contribution is 7.17. The van der Waals surface area contributed by atoms with Gasteiger partial charge in [0, 0.05) is 16.3 Å². The van der Waals surface area contributed by atoms with Crippen molar-refractivity contribution < 1.29 is 0 Å². The van der Waals surface area contributed by atoms with E-state index in [9.17, 15) is 0 Å². The Morgan fingerprint density at radius 2 is 1.71 bits per heavy atom. The van der Waals surface area contributed by atoms with Gasteiger partial charge in [-0.25, -0.2) is 0 Å². The Kier molecular flexibility index (Phi) is 6.15. The van der Waals surface area contributed by atoms with Crippen molar-refractivity contribution in [1.82, 2.24) is 10.2 Å². The minimum absolute atomic E-state index is 0.309. The van der Waals surface area contributed by atoms with Crippen molar-refractivity contribution >= 4 is 21.4 Å². The Labute approximate surface area is 173 Å². The van der Waals surface area contributed by atoms with E-state index in [1.807, 2.05) is 11.3 Å². The number of hydrogen-bond donors (Lipinski definition) is 1. The van der Waals surface area contributed by atoms with E-state index in [1.54, 1.807) is 0 Å². The number of fused-ring (bicyclic) bond motifs is 1. The Bertz CT molecular complexity index is 876. The van der Waals surface area contributed by atoms with Crippen LogP contribution in [0, 0.1) is 0 Å². The zero-order valence-electron chi connectivity index (χ0n) is 17.2. The van der Waals surface area contributed by atoms with Crippen molar-refractivity contribution in [2.24, 2.45) is 0 Å². The SMILES string of the molecule is CN(C)C1(Cc2ccccc2)CCC(NCCc2csc3ccccc23)CC1. The number of benzene rings is 2. The second-order valence-corrected chi connectivity index (χ2v) is 9.43. The summed E-state index contributed by atoms with van der Waals surface area (Å²) in [6.07, 6.45) is 7.38. The van der Waals surface area contributed by atoms with Gasteiger partial charge in [-0.2, -0.15) is 0 Å². The third-order valence-corrected chi connectivity index (χ3v) is 7.64. The fraction of sp³-hybridized carbons (Fsp3) is 0.440. The first-order valence-corrected chi connectivity index (χ1v) is 11.4. The Hall–Kier alpha value is -1.68. The Balaban J connectivity index is 1.30. The highest BCUT2D eigenvalue weighted by Gasteiger charge is 2.37. The lowest BCUT2D eigenvalue weighted by atomic mass is 9.75. The molecular formula is C25H32N2S. The predicted octanol–water partition coefficient (Wildman–Crippen LogP) is 5.52. The van der Waals surface area contributed by atoms with Crippen molar-refractivity contribution in [3.63, 3.8) is 0 Å². The molecule has 28 heavy (non-hydrogen) atoms. The van der Waals surface area contributed by atoms with Crippen molar-refractivity contribution in [2.45, 2.75) is 50.1 Å². The van der Waals surface area contributed by atoms with Gasteiger partial charge in [-0.15, -0.1) is 11.3 Å². The van der Waals surface area contributed by atoms with Gasteiger partial charge >= 0.3 is 0 Å². The first-order valence-electron chi connectivity index (χ1n) is 10.6. The first kappa shape index (κ1) is 19.6. The highest BCUT2D eigenvalue weighted by atomic mass is 32.1. The number of nitrogens with zero attached hydrogens (tertiary/aromatic N) is 1. The fourth-order valence-electron chi connectivity index (χ4n) is 4.75. The molecule has 0 atom stereocenters. The van der Waals surface area contributed by atoms with Crippen LogP contribution in [0.25, 0.3) is 10.1 Å². The number of likely N-dealkylation sites (N-methyl/N-ethyl adjacent to an activating group) is 1. The quantitative estimate of drug-likeness (QED) is 0.569. The molecule has 0 radical (unpaired) electrons. The lowest BCUT2D eigenvalue weighted by Gasteiger charge is -2.45. The van der Waals surface area contributed by atoms with Crippen LogP contribution in [-0.2, 0) is 12.8 Å². The standard InChI is InChI=1S/C25H32N2S/c1-27(2)25(18-20-8-4-3-5-9-20)15-12-22(13-16-25)26-17-14-21-19-28-24-11-7-6-10-23(21)24/h3-11,19,22,26H,12-18H2,1-2H3. The van der Waals surface area contributed by atoms with Crippen molar-refractivity contribution in [3.8, 4) is 0 Å². The molecule has 0 spiro atoms. The second kappa shape index (κ2) is 8.77. The van der Waals surface area contributed by atoms with Crippen molar-refractivity contribution in [1.29, 1.82) is 0 Å². The average Bonchev–Trinajstić information content (AvgIpc) is 3.13. The molecule has 3 aromatic rings. The molecule has 1 aromatic heterocycles. The minimum atomic E-state index is 0.309. The summed E-state index contributed by atoms with van der Waals surface area (Å²) in [7, 11) is 4.52. The van der Waals surface area contributed by atoms with E-state index in [4.69, 9.17) is 0 Å². The molecule has 2 aromatic carbocycles. The Morgan fingerprint density at radius 3 is 2.46 bits per heavy atom. The zero-order valence-corrected chi connectivity index (χ0v) is 18.0. The fourth-order valence-corrected chi connectivity index (χ4v) is 5.75. The molecule has 0 saturated heterocycles. The summed E-state index contributed by atoms with van der Waals surface area (Å²) in [6, 6.07) is 20.4. The highest BCUT2D eigenvalue weighted by Crippen LogP contribution is 2.35. The lowest BCUT2D eigenvalue weighted by molar-refractivity contribution is 0.0875. The van der Waals surface area contributed by atoms with Gasteiger partial charge in [0.1, 0.15) is 0 Å². The third-order valence-electron chi connectivity index (χ3n) is 6.63. The zero-order chi connectivity index (χ0) is 19.4. The molecule has 2 nitrogen and oxygen atoms in total. The van der Waals surface area contributed by atoms with Crippen LogP contribution < -0.4 is 5.32 Å². The van der Waals surface area contributed by atoms with E-state index in [0.717, 1.165) is 19.4 Å². The van der Waals surface area contributed by atoms with E-state index in [0.29, 0.717) is 11.6 Å². The minimum Gasteiger partial charge on any atom is -0.314 e. The van der Waals surface area contributed by atoms with Gasteiger partial charge in [-0.1, -0.05) is 48.5 Å². The summed E-state index contributed by atoms with van der Waals surface area (Å²) >= 11 is 1.87. The maximum absolute atomic E-state index is 3.85. The van der Waals surface area contributed by atoms with E-state index >= 15 is 0 Å². The third kappa shape index (κ3) is 4.32.